The van der Waals surface area contributed by atoms with E-state index in [1.54, 1.807) is 6.07 Å². The summed E-state index contributed by atoms with van der Waals surface area (Å²) in [6.45, 7) is 11.8. The Morgan fingerprint density at radius 2 is 1.73 bits per heavy atom. The molecule has 0 aromatic heterocycles. The Hall–Kier alpha value is -2.17. The van der Waals surface area contributed by atoms with Crippen LogP contribution in [0.25, 0.3) is 0 Å². The average molecular weight is 465 g/mol. The molecule has 0 aliphatic carbocycles. The number of alkyl halides is 3. The zero-order valence-corrected chi connectivity index (χ0v) is 21.0. The van der Waals surface area contributed by atoms with Gasteiger partial charge in [-0.3, -0.25) is 0 Å². The monoisotopic (exact) mass is 464 g/mol. The quantitative estimate of drug-likeness (QED) is 0.370. The van der Waals surface area contributed by atoms with Crippen molar-refractivity contribution in [3.8, 4) is 11.5 Å². The van der Waals surface area contributed by atoms with Crippen molar-refractivity contribution in [2.75, 3.05) is 0 Å². The summed E-state index contributed by atoms with van der Waals surface area (Å²) in [5.41, 5.74) is 4.36. The first-order valence-corrected chi connectivity index (χ1v) is 11.9. The van der Waals surface area contributed by atoms with E-state index in [2.05, 4.69) is 13.0 Å². The normalized spacial score (nSPS) is 19.2. The number of ether oxygens (including phenoxy) is 1. The van der Waals surface area contributed by atoms with Crippen LogP contribution in [0, 0.1) is 13.8 Å². The molecule has 1 N–H and O–H groups in total. The number of hydrogen-bond acceptors (Lipinski definition) is 2. The number of benzene rings is 1. The van der Waals surface area contributed by atoms with Crippen molar-refractivity contribution in [2.45, 2.75) is 105 Å². The molecular weight excluding hydrogens is 425 g/mol. The highest BCUT2D eigenvalue weighted by atomic mass is 19.4. The molecular formula is C28H39F3O2. The van der Waals surface area contributed by atoms with E-state index in [0.717, 1.165) is 59.3 Å². The predicted molar refractivity (Wildman–Crippen MR) is 130 cm³/mol. The smallest absolute Gasteiger partial charge is 0.412 e. The van der Waals surface area contributed by atoms with Crippen molar-refractivity contribution in [3.05, 3.63) is 57.7 Å². The molecule has 1 atom stereocenters. The van der Waals surface area contributed by atoms with Crippen molar-refractivity contribution in [3.63, 3.8) is 0 Å². The summed E-state index contributed by atoms with van der Waals surface area (Å²) in [7, 11) is 0. The lowest BCUT2D eigenvalue weighted by molar-refractivity contribution is -0.0941. The van der Waals surface area contributed by atoms with Crippen LogP contribution in [-0.2, 0) is 6.42 Å². The topological polar surface area (TPSA) is 29.5 Å². The van der Waals surface area contributed by atoms with E-state index in [4.69, 9.17) is 4.74 Å². The van der Waals surface area contributed by atoms with Gasteiger partial charge in [-0.15, -0.1) is 0 Å². The van der Waals surface area contributed by atoms with Gasteiger partial charge in [0, 0.05) is 11.1 Å². The number of halogens is 3. The summed E-state index contributed by atoms with van der Waals surface area (Å²) in [6, 6.07) is 1.76. The lowest BCUT2D eigenvalue weighted by Gasteiger charge is -2.37. The lowest BCUT2D eigenvalue weighted by Crippen LogP contribution is -2.36. The zero-order chi connectivity index (χ0) is 24.8. The van der Waals surface area contributed by atoms with E-state index in [1.807, 2.05) is 40.7 Å². The maximum absolute atomic E-state index is 13.3. The Kier molecular flexibility index (Phi) is 9.28. The van der Waals surface area contributed by atoms with Crippen LogP contribution >= 0.6 is 0 Å². The number of aromatic hydroxyl groups is 1. The van der Waals surface area contributed by atoms with Crippen molar-refractivity contribution < 1.29 is 23.0 Å². The van der Waals surface area contributed by atoms with Gasteiger partial charge < -0.3 is 9.84 Å². The van der Waals surface area contributed by atoms with E-state index in [9.17, 15) is 18.3 Å². The summed E-state index contributed by atoms with van der Waals surface area (Å²) >= 11 is 0. The van der Waals surface area contributed by atoms with Gasteiger partial charge in [-0.05, 0) is 110 Å². The first-order valence-electron chi connectivity index (χ1n) is 11.9. The summed E-state index contributed by atoms with van der Waals surface area (Å²) in [4.78, 5) is 0. The van der Waals surface area contributed by atoms with Crippen LogP contribution in [0.2, 0.25) is 0 Å². The number of phenolic OH excluding ortho intramolecular Hbond substituents is 1. The molecule has 0 amide bonds. The molecule has 0 radical (unpaired) electrons. The summed E-state index contributed by atoms with van der Waals surface area (Å²) in [5.74, 6) is 1.20. The Labute approximate surface area is 197 Å². The highest BCUT2D eigenvalue weighted by molar-refractivity contribution is 5.53. The van der Waals surface area contributed by atoms with Gasteiger partial charge in [-0.1, -0.05) is 29.4 Å². The van der Waals surface area contributed by atoms with Crippen LogP contribution in [0.1, 0.15) is 89.3 Å². The first kappa shape index (κ1) is 27.1. The molecule has 1 aliphatic rings. The van der Waals surface area contributed by atoms with Crippen LogP contribution in [0.15, 0.2) is 41.0 Å². The molecule has 5 heteroatoms. The van der Waals surface area contributed by atoms with Gasteiger partial charge in [0.05, 0.1) is 0 Å². The lowest BCUT2D eigenvalue weighted by atomic mass is 9.86. The SMILES string of the molecule is CC(C)=CCC/C(=C/CC/C(C)=C/CCC1(C)CCc2c(C)c(O)cc(C)c2O1)C(F)(F)F. The number of phenols is 1. The van der Waals surface area contributed by atoms with Gasteiger partial charge in [0.25, 0.3) is 0 Å². The predicted octanol–water partition coefficient (Wildman–Crippen LogP) is 8.83. The molecule has 1 unspecified atom stereocenters. The molecule has 1 aliphatic heterocycles. The van der Waals surface area contributed by atoms with E-state index in [1.165, 1.54) is 6.08 Å². The first-order chi connectivity index (χ1) is 15.3. The third-order valence-electron chi connectivity index (χ3n) is 6.50. The van der Waals surface area contributed by atoms with Gasteiger partial charge in [0.2, 0.25) is 0 Å². The second kappa shape index (κ2) is 11.3. The van der Waals surface area contributed by atoms with Gasteiger partial charge in [0.1, 0.15) is 17.1 Å². The molecule has 0 saturated heterocycles. The fraction of sp³-hybridized carbons (Fsp3) is 0.571. The molecule has 2 nitrogen and oxygen atoms in total. The standard InChI is InChI=1S/C28H39F3O2/c1-19(2)10-7-13-23(28(29,30)31)14-8-11-20(3)12-9-16-27(6)17-15-24-22(5)25(32)18-21(4)26(24)33-27/h10,12,14,18,32H,7-9,11,13,15-17H2,1-6H3/b20-12+,23-14-. The maximum atomic E-state index is 13.3. The largest absolute Gasteiger partial charge is 0.508 e. The van der Waals surface area contributed by atoms with Crippen LogP contribution in [0.3, 0.4) is 0 Å². The van der Waals surface area contributed by atoms with E-state index >= 15 is 0 Å². The van der Waals surface area contributed by atoms with Gasteiger partial charge in [-0.2, -0.15) is 13.2 Å². The fourth-order valence-electron chi connectivity index (χ4n) is 4.32. The van der Waals surface area contributed by atoms with Gasteiger partial charge in [0.15, 0.2) is 0 Å². The molecule has 0 saturated carbocycles. The van der Waals surface area contributed by atoms with Crippen molar-refractivity contribution in [1.82, 2.24) is 0 Å². The Morgan fingerprint density at radius 3 is 2.36 bits per heavy atom. The summed E-state index contributed by atoms with van der Waals surface area (Å²) in [5, 5.41) is 10.1. The van der Waals surface area contributed by atoms with Crippen molar-refractivity contribution >= 4 is 0 Å². The van der Waals surface area contributed by atoms with Crippen molar-refractivity contribution in [2.24, 2.45) is 0 Å². The molecule has 1 aromatic carbocycles. The molecule has 2 rings (SSSR count). The number of rotatable bonds is 9. The van der Waals surface area contributed by atoms with Crippen LogP contribution in [0.4, 0.5) is 13.2 Å². The Morgan fingerprint density at radius 1 is 1.06 bits per heavy atom. The van der Waals surface area contributed by atoms with Crippen LogP contribution < -0.4 is 4.74 Å². The Balaban J connectivity index is 1.91. The molecule has 0 bridgehead atoms. The van der Waals surface area contributed by atoms with Gasteiger partial charge >= 0.3 is 6.18 Å². The summed E-state index contributed by atoms with van der Waals surface area (Å²) < 4.78 is 46.2. The number of hydrogen-bond donors (Lipinski definition) is 1. The van der Waals surface area contributed by atoms with Crippen molar-refractivity contribution in [1.29, 1.82) is 0 Å². The third kappa shape index (κ3) is 7.97. The molecule has 1 aromatic rings. The average Bonchev–Trinajstić information content (AvgIpc) is 2.70. The second-order valence-electron chi connectivity index (χ2n) is 9.87. The van der Waals surface area contributed by atoms with Gasteiger partial charge in [-0.25, -0.2) is 0 Å². The number of aryl methyl sites for hydroxylation is 1. The zero-order valence-electron chi connectivity index (χ0n) is 21.0. The van der Waals surface area contributed by atoms with Crippen LogP contribution in [0.5, 0.6) is 11.5 Å². The fourth-order valence-corrected chi connectivity index (χ4v) is 4.32. The third-order valence-corrected chi connectivity index (χ3v) is 6.50. The molecule has 184 valence electrons. The highest BCUT2D eigenvalue weighted by Gasteiger charge is 2.33. The van der Waals surface area contributed by atoms with E-state index in [0.29, 0.717) is 25.0 Å². The number of allylic oxidation sites excluding steroid dienone is 6. The molecule has 1 heterocycles. The van der Waals surface area contributed by atoms with Crippen LogP contribution in [-0.4, -0.2) is 16.9 Å². The number of fused-ring (bicyclic) bond motifs is 1. The Bertz CT molecular complexity index is 918. The minimum absolute atomic E-state index is 0.0330. The summed E-state index contributed by atoms with van der Waals surface area (Å²) in [6.07, 6.45) is 5.96. The maximum Gasteiger partial charge on any atom is 0.412 e. The molecule has 0 fully saturated rings. The van der Waals surface area contributed by atoms with E-state index in [-0.39, 0.29) is 12.0 Å². The minimum Gasteiger partial charge on any atom is -0.508 e. The minimum atomic E-state index is -4.26. The van der Waals surface area contributed by atoms with E-state index < -0.39 is 11.7 Å². The second-order valence-corrected chi connectivity index (χ2v) is 9.87. The molecule has 33 heavy (non-hydrogen) atoms. The molecule has 0 spiro atoms. The highest BCUT2D eigenvalue weighted by Crippen LogP contribution is 2.42.